The number of hydrogen-bond acceptors (Lipinski definition) is 2. The number of halogens is 1. The van der Waals surface area contributed by atoms with Crippen LogP contribution in [0.25, 0.3) is 11.0 Å². The minimum absolute atomic E-state index is 0.211. The summed E-state index contributed by atoms with van der Waals surface area (Å²) < 4.78 is 15.0. The first-order chi connectivity index (χ1) is 9.67. The Hall–Kier alpha value is -2.36. The Bertz CT molecular complexity index is 744. The summed E-state index contributed by atoms with van der Waals surface area (Å²) in [7, 11) is 3.91. The van der Waals surface area contributed by atoms with Crippen LogP contribution in [-0.2, 0) is 13.5 Å². The molecule has 0 atom stereocenters. The van der Waals surface area contributed by atoms with Crippen molar-refractivity contribution >= 4 is 16.7 Å². The lowest BCUT2D eigenvalue weighted by Crippen LogP contribution is -1.99. The van der Waals surface area contributed by atoms with Gasteiger partial charge in [0.25, 0.3) is 0 Å². The minimum Gasteiger partial charge on any atom is -0.388 e. The molecule has 3 rings (SSSR count). The Morgan fingerprint density at radius 2 is 1.90 bits per heavy atom. The second-order valence-corrected chi connectivity index (χ2v) is 4.84. The van der Waals surface area contributed by atoms with E-state index in [1.54, 1.807) is 12.1 Å². The molecule has 102 valence electrons. The van der Waals surface area contributed by atoms with Gasteiger partial charge >= 0.3 is 0 Å². The topological polar surface area (TPSA) is 29.9 Å². The van der Waals surface area contributed by atoms with Gasteiger partial charge in [-0.3, -0.25) is 0 Å². The van der Waals surface area contributed by atoms with E-state index in [1.165, 1.54) is 12.1 Å². The van der Waals surface area contributed by atoms with Crippen LogP contribution in [0.1, 0.15) is 11.4 Å². The van der Waals surface area contributed by atoms with Gasteiger partial charge in [-0.1, -0.05) is 12.1 Å². The Labute approximate surface area is 117 Å². The molecule has 0 aliphatic heterocycles. The Balaban J connectivity index is 1.99. The Morgan fingerprint density at radius 1 is 1.15 bits per heavy atom. The molecule has 1 heterocycles. The summed E-state index contributed by atoms with van der Waals surface area (Å²) in [4.78, 5) is 4.65. The zero-order valence-electron chi connectivity index (χ0n) is 11.5. The van der Waals surface area contributed by atoms with Gasteiger partial charge in [0.1, 0.15) is 11.6 Å². The fraction of sp³-hybridized carbons (Fsp3) is 0.188. The second-order valence-electron chi connectivity index (χ2n) is 4.84. The molecule has 3 nitrogen and oxygen atoms in total. The van der Waals surface area contributed by atoms with Crippen molar-refractivity contribution in [2.24, 2.45) is 7.05 Å². The molecular formula is C16H16FN3. The number of benzene rings is 2. The maximum absolute atomic E-state index is 12.9. The predicted octanol–water partition coefficient (Wildman–Crippen LogP) is 3.34. The predicted molar refractivity (Wildman–Crippen MR) is 79.5 cm³/mol. The monoisotopic (exact) mass is 269 g/mol. The molecule has 20 heavy (non-hydrogen) atoms. The van der Waals surface area contributed by atoms with Gasteiger partial charge in [0.05, 0.1) is 11.0 Å². The van der Waals surface area contributed by atoms with Crippen LogP contribution in [0.4, 0.5) is 10.1 Å². The molecule has 0 unspecified atom stereocenters. The molecule has 0 bridgehead atoms. The van der Waals surface area contributed by atoms with E-state index in [9.17, 15) is 4.39 Å². The van der Waals surface area contributed by atoms with Crippen molar-refractivity contribution in [1.29, 1.82) is 0 Å². The number of fused-ring (bicyclic) bond motifs is 1. The Morgan fingerprint density at radius 3 is 2.60 bits per heavy atom. The van der Waals surface area contributed by atoms with Crippen molar-refractivity contribution in [3.05, 3.63) is 59.7 Å². The molecule has 0 aliphatic rings. The highest BCUT2D eigenvalue weighted by Crippen LogP contribution is 2.21. The fourth-order valence-corrected chi connectivity index (χ4v) is 2.34. The molecule has 0 radical (unpaired) electrons. The number of nitrogens with one attached hydrogen (secondary N) is 1. The maximum atomic E-state index is 12.9. The summed E-state index contributed by atoms with van der Waals surface area (Å²) in [6, 6.07) is 12.7. The van der Waals surface area contributed by atoms with Gasteiger partial charge in [-0.05, 0) is 35.9 Å². The van der Waals surface area contributed by atoms with Crippen molar-refractivity contribution in [2.45, 2.75) is 6.42 Å². The molecule has 1 aromatic heterocycles. The number of anilines is 1. The van der Waals surface area contributed by atoms with E-state index in [4.69, 9.17) is 0 Å². The average molecular weight is 269 g/mol. The largest absolute Gasteiger partial charge is 0.388 e. The van der Waals surface area contributed by atoms with E-state index in [2.05, 4.69) is 20.9 Å². The summed E-state index contributed by atoms with van der Waals surface area (Å²) in [5.74, 6) is 0.761. The molecule has 3 aromatic rings. The third-order valence-electron chi connectivity index (χ3n) is 3.54. The second kappa shape index (κ2) is 4.96. The molecule has 0 saturated carbocycles. The molecule has 0 spiro atoms. The minimum atomic E-state index is -0.211. The van der Waals surface area contributed by atoms with Crippen LogP contribution in [-0.4, -0.2) is 16.6 Å². The third-order valence-corrected chi connectivity index (χ3v) is 3.54. The van der Waals surface area contributed by atoms with Crippen LogP contribution in [0.2, 0.25) is 0 Å². The van der Waals surface area contributed by atoms with E-state index < -0.39 is 0 Å². The van der Waals surface area contributed by atoms with Gasteiger partial charge in [0.2, 0.25) is 0 Å². The highest BCUT2D eigenvalue weighted by molar-refractivity contribution is 5.80. The number of aromatic nitrogens is 2. The molecule has 0 fully saturated rings. The normalized spacial score (nSPS) is 10.9. The van der Waals surface area contributed by atoms with Crippen molar-refractivity contribution in [3.63, 3.8) is 0 Å². The van der Waals surface area contributed by atoms with Crippen LogP contribution in [0.3, 0.4) is 0 Å². The molecule has 4 heteroatoms. The molecular weight excluding hydrogens is 253 g/mol. The van der Waals surface area contributed by atoms with Crippen molar-refractivity contribution < 1.29 is 4.39 Å². The number of imidazole rings is 1. The van der Waals surface area contributed by atoms with Crippen LogP contribution in [0, 0.1) is 5.82 Å². The quantitative estimate of drug-likeness (QED) is 0.790. The zero-order chi connectivity index (χ0) is 14.1. The van der Waals surface area contributed by atoms with Gasteiger partial charge < -0.3 is 9.88 Å². The van der Waals surface area contributed by atoms with Gasteiger partial charge in [0, 0.05) is 26.2 Å². The summed E-state index contributed by atoms with van der Waals surface area (Å²) >= 11 is 0. The van der Waals surface area contributed by atoms with Gasteiger partial charge in [0.15, 0.2) is 0 Å². The third kappa shape index (κ3) is 2.25. The summed E-state index contributed by atoms with van der Waals surface area (Å²) in [5.41, 5.74) is 4.19. The molecule has 0 amide bonds. The number of aryl methyl sites for hydroxylation is 1. The van der Waals surface area contributed by atoms with Crippen molar-refractivity contribution in [2.75, 3.05) is 12.4 Å². The number of nitrogens with zero attached hydrogens (tertiary/aromatic N) is 2. The van der Waals surface area contributed by atoms with E-state index in [-0.39, 0.29) is 5.82 Å². The summed E-state index contributed by atoms with van der Waals surface area (Å²) in [6.45, 7) is 0. The maximum Gasteiger partial charge on any atom is 0.123 e. The van der Waals surface area contributed by atoms with E-state index in [0.29, 0.717) is 6.42 Å². The van der Waals surface area contributed by atoms with E-state index in [0.717, 1.165) is 28.1 Å². The van der Waals surface area contributed by atoms with Crippen LogP contribution >= 0.6 is 0 Å². The first-order valence-electron chi connectivity index (χ1n) is 6.55. The standard InChI is InChI=1S/C16H16FN3/c1-18-13-7-8-14-15(10-13)20(2)16(19-14)9-11-3-5-12(17)6-4-11/h3-8,10,18H,9H2,1-2H3. The fourth-order valence-electron chi connectivity index (χ4n) is 2.34. The highest BCUT2D eigenvalue weighted by Gasteiger charge is 2.09. The lowest BCUT2D eigenvalue weighted by Gasteiger charge is -2.04. The number of hydrogen-bond donors (Lipinski definition) is 1. The summed E-state index contributed by atoms with van der Waals surface area (Å²) in [6.07, 6.45) is 0.695. The lowest BCUT2D eigenvalue weighted by molar-refractivity contribution is 0.627. The highest BCUT2D eigenvalue weighted by atomic mass is 19.1. The van der Waals surface area contributed by atoms with Crippen LogP contribution in [0.15, 0.2) is 42.5 Å². The van der Waals surface area contributed by atoms with Crippen molar-refractivity contribution in [1.82, 2.24) is 9.55 Å². The molecule has 0 aliphatic carbocycles. The smallest absolute Gasteiger partial charge is 0.123 e. The SMILES string of the molecule is CNc1ccc2nc(Cc3ccc(F)cc3)n(C)c2c1. The molecule has 2 aromatic carbocycles. The zero-order valence-corrected chi connectivity index (χ0v) is 11.5. The van der Waals surface area contributed by atoms with Gasteiger partial charge in [-0.2, -0.15) is 0 Å². The van der Waals surface area contributed by atoms with Crippen LogP contribution < -0.4 is 5.32 Å². The first-order valence-corrected chi connectivity index (χ1v) is 6.55. The van der Waals surface area contributed by atoms with E-state index >= 15 is 0 Å². The van der Waals surface area contributed by atoms with Gasteiger partial charge in [-0.25, -0.2) is 9.37 Å². The number of rotatable bonds is 3. The lowest BCUT2D eigenvalue weighted by atomic mass is 10.1. The van der Waals surface area contributed by atoms with Crippen LogP contribution in [0.5, 0.6) is 0 Å². The van der Waals surface area contributed by atoms with E-state index in [1.807, 2.05) is 26.2 Å². The Kier molecular flexibility index (Phi) is 3.14. The van der Waals surface area contributed by atoms with Gasteiger partial charge in [-0.15, -0.1) is 0 Å². The first kappa shape index (κ1) is 12.7. The molecule has 0 saturated heterocycles. The average Bonchev–Trinajstić information content (AvgIpc) is 2.77. The molecule has 1 N–H and O–H groups in total. The van der Waals surface area contributed by atoms with Crippen molar-refractivity contribution in [3.8, 4) is 0 Å². The summed E-state index contributed by atoms with van der Waals surface area (Å²) in [5, 5.41) is 3.13.